The molecular weight excluding hydrogens is 608 g/mol. The Hall–Kier alpha value is -3.94. The summed E-state index contributed by atoms with van der Waals surface area (Å²) in [5.74, 6) is 0. The Kier molecular flexibility index (Phi) is 8.12. The van der Waals surface area contributed by atoms with E-state index in [1.54, 1.807) is 0 Å². The first-order valence-electron chi connectivity index (χ1n) is 15.9. The van der Waals surface area contributed by atoms with E-state index in [4.69, 9.17) is 0 Å². The minimum Gasteiger partial charge on any atom is -0.0695 e. The van der Waals surface area contributed by atoms with Gasteiger partial charge in [-0.05, 0) is 112 Å². The van der Waals surface area contributed by atoms with Gasteiger partial charge in [0.15, 0.2) is 0 Å². The van der Waals surface area contributed by atoms with Gasteiger partial charge in [-0.25, -0.2) is 0 Å². The number of allylic oxidation sites excluding steroid dienone is 4. The largest absolute Gasteiger partial charge is 0.103 e. The summed E-state index contributed by atoms with van der Waals surface area (Å²) in [6.45, 7) is 19.9. The van der Waals surface area contributed by atoms with Crippen molar-refractivity contribution in [3.63, 3.8) is 0 Å². The minimum atomic E-state index is -0.613. The Morgan fingerprint density at radius 2 is 0.689 bits per heavy atom. The van der Waals surface area contributed by atoms with Crippen LogP contribution in [0, 0.1) is 62.3 Å². The van der Waals surface area contributed by atoms with E-state index < -0.39 is 4.32 Å². The molecule has 0 nitrogen and oxygen atoms in total. The van der Waals surface area contributed by atoms with Gasteiger partial charge in [0, 0.05) is 0 Å². The lowest BCUT2D eigenvalue weighted by atomic mass is 9.79. The summed E-state index contributed by atoms with van der Waals surface area (Å²) in [5, 5.41) is 0. The average Bonchev–Trinajstić information content (AvgIpc) is 3.21. The third kappa shape index (κ3) is 5.80. The van der Waals surface area contributed by atoms with Gasteiger partial charge in [-0.1, -0.05) is 163 Å². The molecule has 5 aromatic rings. The van der Waals surface area contributed by atoms with Crippen LogP contribution in [0.4, 0.5) is 0 Å². The number of hydrogen-bond donors (Lipinski definition) is 0. The van der Waals surface area contributed by atoms with E-state index in [1.165, 1.54) is 100 Å². The van der Waals surface area contributed by atoms with E-state index in [0.29, 0.717) is 0 Å². The van der Waals surface area contributed by atoms with Gasteiger partial charge in [0.25, 0.3) is 0 Å². The molecular formula is C44H43Br. The number of benzene rings is 5. The zero-order valence-corrected chi connectivity index (χ0v) is 29.7. The van der Waals surface area contributed by atoms with Crippen LogP contribution < -0.4 is 0 Å². The maximum Gasteiger partial charge on any atom is 0.103 e. The van der Waals surface area contributed by atoms with E-state index in [9.17, 15) is 0 Å². The van der Waals surface area contributed by atoms with Crippen LogP contribution in [0.5, 0.6) is 0 Å². The van der Waals surface area contributed by atoms with E-state index in [-0.39, 0.29) is 0 Å². The molecule has 0 fully saturated rings. The molecule has 1 atom stereocenters. The van der Waals surface area contributed by atoms with Crippen molar-refractivity contribution in [2.75, 3.05) is 0 Å². The number of alkyl halides is 1. The Morgan fingerprint density at radius 1 is 0.356 bits per heavy atom. The first-order chi connectivity index (χ1) is 21.3. The van der Waals surface area contributed by atoms with Crippen molar-refractivity contribution in [1.29, 1.82) is 0 Å². The highest BCUT2D eigenvalue weighted by molar-refractivity contribution is 9.10. The van der Waals surface area contributed by atoms with Crippen molar-refractivity contribution in [3.8, 4) is 0 Å². The summed E-state index contributed by atoms with van der Waals surface area (Å²) in [5.41, 5.74) is 22.8. The molecule has 1 unspecified atom stereocenters. The number of halogens is 1. The molecule has 0 saturated heterocycles. The summed E-state index contributed by atoms with van der Waals surface area (Å²) >= 11 is 4.64. The van der Waals surface area contributed by atoms with Crippen LogP contribution in [0.2, 0.25) is 0 Å². The van der Waals surface area contributed by atoms with Crippen LogP contribution in [-0.4, -0.2) is 0 Å². The molecule has 0 radical (unpaired) electrons. The van der Waals surface area contributed by atoms with E-state index in [1.807, 2.05) is 0 Å². The zero-order valence-electron chi connectivity index (χ0n) is 28.1. The van der Waals surface area contributed by atoms with Crippen LogP contribution in [0.1, 0.15) is 77.9 Å². The molecule has 0 heterocycles. The molecule has 0 bridgehead atoms. The molecule has 0 aromatic heterocycles. The highest BCUT2D eigenvalue weighted by Crippen LogP contribution is 2.65. The summed E-state index contributed by atoms with van der Waals surface area (Å²) in [4.78, 5) is 0. The highest BCUT2D eigenvalue weighted by Gasteiger charge is 2.48. The summed E-state index contributed by atoms with van der Waals surface area (Å²) in [6, 6.07) is 37.2. The van der Waals surface area contributed by atoms with Crippen molar-refractivity contribution in [2.45, 2.75) is 66.6 Å². The van der Waals surface area contributed by atoms with Crippen molar-refractivity contribution in [2.24, 2.45) is 0 Å². The predicted molar refractivity (Wildman–Crippen MR) is 199 cm³/mol. The van der Waals surface area contributed by atoms with Gasteiger partial charge < -0.3 is 0 Å². The van der Waals surface area contributed by atoms with Gasteiger partial charge in [-0.2, -0.15) is 0 Å². The summed E-state index contributed by atoms with van der Waals surface area (Å²) < 4.78 is -0.613. The molecule has 1 heteroatoms. The van der Waals surface area contributed by atoms with E-state index in [0.717, 1.165) is 0 Å². The van der Waals surface area contributed by atoms with E-state index >= 15 is 0 Å². The fraction of sp³-hybridized carbons (Fsp3) is 0.227. The van der Waals surface area contributed by atoms with Crippen molar-refractivity contribution < 1.29 is 0 Å². The molecule has 1 aliphatic carbocycles. The minimum absolute atomic E-state index is 0.613. The third-order valence-corrected chi connectivity index (χ3v) is 10.1. The molecule has 0 spiro atoms. The quantitative estimate of drug-likeness (QED) is 0.166. The van der Waals surface area contributed by atoms with Crippen molar-refractivity contribution >= 4 is 38.2 Å². The van der Waals surface area contributed by atoms with Crippen LogP contribution >= 0.6 is 15.9 Å². The molecule has 0 amide bonds. The fourth-order valence-electron chi connectivity index (χ4n) is 7.60. The summed E-state index contributed by atoms with van der Waals surface area (Å²) in [7, 11) is 0. The molecule has 226 valence electrons. The second-order valence-corrected chi connectivity index (χ2v) is 14.7. The number of aryl methyl sites for hydroxylation is 9. The second-order valence-electron chi connectivity index (χ2n) is 13.5. The van der Waals surface area contributed by atoms with Gasteiger partial charge in [-0.15, -0.1) is 0 Å². The molecule has 0 saturated carbocycles. The zero-order chi connectivity index (χ0) is 32.2. The van der Waals surface area contributed by atoms with Crippen LogP contribution in [0.25, 0.3) is 22.3 Å². The smallest absolute Gasteiger partial charge is 0.0695 e. The first-order valence-corrected chi connectivity index (χ1v) is 16.7. The molecule has 45 heavy (non-hydrogen) atoms. The van der Waals surface area contributed by atoms with Gasteiger partial charge in [0.1, 0.15) is 4.32 Å². The fourth-order valence-corrected chi connectivity index (χ4v) is 8.69. The second kappa shape index (κ2) is 11.8. The average molecular weight is 652 g/mol. The third-order valence-electron chi connectivity index (χ3n) is 8.90. The Labute approximate surface area is 278 Å². The highest BCUT2D eigenvalue weighted by atomic mass is 79.9. The first kappa shape index (κ1) is 31.1. The normalized spacial score (nSPS) is 16.6. The van der Waals surface area contributed by atoms with Gasteiger partial charge in [-0.3, -0.25) is 0 Å². The van der Waals surface area contributed by atoms with Crippen molar-refractivity contribution in [1.82, 2.24) is 0 Å². The predicted octanol–water partition coefficient (Wildman–Crippen LogP) is 12.3. The monoisotopic (exact) mass is 650 g/mol. The Balaban J connectivity index is 1.91. The maximum atomic E-state index is 4.64. The lowest BCUT2D eigenvalue weighted by Gasteiger charge is -2.33. The number of rotatable bonds is 5. The standard InChI is InChI=1S/C44H43Br/c1-26-11-10-12-35(17-26)42-40(36-18-27(2)13-28(3)19-36)41(37-20-29(4)14-30(5)21-37)43(38-22-31(6)15-32(7)23-38)44(42,45)39-24-33(8)16-34(9)25-39/h10-25H,1-9H3. The molecule has 6 rings (SSSR count). The Bertz CT molecular complexity index is 1970. The molecule has 5 aromatic carbocycles. The van der Waals surface area contributed by atoms with E-state index in [2.05, 4.69) is 175 Å². The number of hydrogen-bond acceptors (Lipinski definition) is 0. The molecule has 1 aliphatic rings. The SMILES string of the molecule is Cc1cc(C)cc(C2=C(c3cccc(C)c3)C(Br)(c3cc(C)cc(C)c3)C(c3cc(C)cc(C)c3)=C2c2cc(C)cc(C)c2)c1. The van der Waals surface area contributed by atoms with Crippen molar-refractivity contribution in [3.05, 3.63) is 175 Å². The van der Waals surface area contributed by atoms with Crippen LogP contribution in [0.15, 0.2) is 97.1 Å². The van der Waals surface area contributed by atoms with Gasteiger partial charge >= 0.3 is 0 Å². The Morgan fingerprint density at radius 3 is 1.09 bits per heavy atom. The summed E-state index contributed by atoms with van der Waals surface area (Å²) in [6.07, 6.45) is 0. The lowest BCUT2D eigenvalue weighted by molar-refractivity contribution is 1.06. The van der Waals surface area contributed by atoms with Crippen LogP contribution in [-0.2, 0) is 4.32 Å². The van der Waals surface area contributed by atoms with Crippen LogP contribution in [0.3, 0.4) is 0 Å². The molecule has 0 N–H and O–H groups in total. The molecule has 0 aliphatic heterocycles. The maximum absolute atomic E-state index is 4.64. The van der Waals surface area contributed by atoms with Gasteiger partial charge in [0.05, 0.1) is 0 Å². The lowest BCUT2D eigenvalue weighted by Crippen LogP contribution is -2.21. The topological polar surface area (TPSA) is 0 Å². The van der Waals surface area contributed by atoms with Gasteiger partial charge in [0.2, 0.25) is 0 Å².